The molecule has 2 aliphatic rings. The Morgan fingerprint density at radius 2 is 2.17 bits per heavy atom. The van der Waals surface area contributed by atoms with Gasteiger partial charge in [0.05, 0.1) is 11.8 Å². The van der Waals surface area contributed by atoms with Crippen molar-refractivity contribution in [3.8, 4) is 0 Å². The summed E-state index contributed by atoms with van der Waals surface area (Å²) < 4.78 is 11.2. The smallest absolute Gasteiger partial charge is 0.257 e. The number of amides is 1. The molecule has 0 aromatic carbocycles. The lowest BCUT2D eigenvalue weighted by Crippen LogP contribution is -2.39. The average Bonchev–Trinajstić information content (AvgIpc) is 3.21. The summed E-state index contributed by atoms with van der Waals surface area (Å²) in [4.78, 5) is 15.1. The second-order valence-corrected chi connectivity index (χ2v) is 6.65. The van der Waals surface area contributed by atoms with E-state index in [-0.39, 0.29) is 11.8 Å². The number of carbonyl (C=O) groups excluding carboxylic acids is 1. The molecule has 1 fully saturated rings. The molecule has 122 valence electrons. The van der Waals surface area contributed by atoms with E-state index >= 15 is 0 Å². The predicted molar refractivity (Wildman–Crippen MR) is 84.5 cm³/mol. The van der Waals surface area contributed by atoms with Crippen LogP contribution in [-0.4, -0.2) is 29.1 Å². The molecule has 1 aliphatic carbocycles. The van der Waals surface area contributed by atoms with Gasteiger partial charge in [-0.25, -0.2) is 0 Å². The molecule has 4 rings (SSSR count). The van der Waals surface area contributed by atoms with E-state index in [0.29, 0.717) is 6.54 Å². The van der Waals surface area contributed by atoms with Crippen molar-refractivity contribution in [1.82, 2.24) is 10.1 Å². The van der Waals surface area contributed by atoms with Gasteiger partial charge in [0, 0.05) is 37.1 Å². The summed E-state index contributed by atoms with van der Waals surface area (Å²) >= 11 is 0. The van der Waals surface area contributed by atoms with Gasteiger partial charge in [0.15, 0.2) is 0 Å². The lowest BCUT2D eigenvalue weighted by Gasteiger charge is -2.31. The first-order valence-corrected chi connectivity index (χ1v) is 8.55. The summed E-state index contributed by atoms with van der Waals surface area (Å²) in [6.07, 6.45) is 7.94. The first kappa shape index (κ1) is 14.5. The van der Waals surface area contributed by atoms with Gasteiger partial charge in [0.2, 0.25) is 0 Å². The molecule has 1 amide bonds. The van der Waals surface area contributed by atoms with Gasteiger partial charge in [0.25, 0.3) is 5.91 Å². The molecule has 23 heavy (non-hydrogen) atoms. The van der Waals surface area contributed by atoms with Gasteiger partial charge in [0.1, 0.15) is 17.3 Å². The van der Waals surface area contributed by atoms with E-state index < -0.39 is 0 Å². The predicted octanol–water partition coefficient (Wildman–Crippen LogP) is 3.47. The van der Waals surface area contributed by atoms with Crippen LogP contribution in [0.15, 0.2) is 21.2 Å². The highest BCUT2D eigenvalue weighted by molar-refractivity contribution is 5.97. The molecule has 0 bridgehead atoms. The van der Waals surface area contributed by atoms with Crippen LogP contribution in [-0.2, 0) is 12.8 Å². The quantitative estimate of drug-likeness (QED) is 0.851. The summed E-state index contributed by atoms with van der Waals surface area (Å²) in [5, 5.41) is 3.80. The fourth-order valence-corrected chi connectivity index (χ4v) is 3.97. The summed E-state index contributed by atoms with van der Waals surface area (Å²) in [6, 6.07) is 1.91. The summed E-state index contributed by atoms with van der Waals surface area (Å²) in [5.41, 5.74) is 1.97. The Balaban J connectivity index is 1.58. The second-order valence-electron chi connectivity index (χ2n) is 6.65. The number of furan rings is 1. The lowest BCUT2D eigenvalue weighted by atomic mass is 9.92. The number of piperidine rings is 1. The Labute approximate surface area is 135 Å². The first-order valence-electron chi connectivity index (χ1n) is 8.55. The number of aromatic nitrogens is 1. The maximum Gasteiger partial charge on any atom is 0.257 e. The van der Waals surface area contributed by atoms with Gasteiger partial charge in [-0.2, -0.15) is 0 Å². The molecule has 2 aromatic heterocycles. The minimum atomic E-state index is 0.124. The van der Waals surface area contributed by atoms with E-state index in [1.54, 1.807) is 6.20 Å². The Bertz CT molecular complexity index is 702. The Kier molecular flexibility index (Phi) is 3.71. The molecular weight excluding hydrogens is 292 g/mol. The van der Waals surface area contributed by atoms with E-state index in [1.165, 1.54) is 0 Å². The van der Waals surface area contributed by atoms with Crippen molar-refractivity contribution in [3.05, 3.63) is 40.7 Å². The van der Waals surface area contributed by atoms with Crippen LogP contribution in [0, 0.1) is 6.92 Å². The summed E-state index contributed by atoms with van der Waals surface area (Å²) in [6.45, 7) is 3.43. The second kappa shape index (κ2) is 5.87. The van der Waals surface area contributed by atoms with Crippen LogP contribution in [0.5, 0.6) is 0 Å². The number of hydrogen-bond donors (Lipinski definition) is 0. The Hall–Kier alpha value is -2.04. The molecule has 1 atom stereocenters. The van der Waals surface area contributed by atoms with E-state index in [0.717, 1.165) is 73.5 Å². The number of rotatable bonds is 2. The third-order valence-corrected chi connectivity index (χ3v) is 5.13. The SMILES string of the molecule is Cc1oc2c(c1C(=O)N1CCCC(c3ccno3)C1)CCCC2. The van der Waals surface area contributed by atoms with Crippen molar-refractivity contribution in [2.75, 3.05) is 13.1 Å². The van der Waals surface area contributed by atoms with Crippen molar-refractivity contribution < 1.29 is 13.7 Å². The average molecular weight is 314 g/mol. The summed E-state index contributed by atoms with van der Waals surface area (Å²) in [7, 11) is 0. The molecule has 0 N–H and O–H groups in total. The maximum absolute atomic E-state index is 13.1. The first-order chi connectivity index (χ1) is 11.2. The Morgan fingerprint density at radius 3 is 3.00 bits per heavy atom. The molecule has 1 unspecified atom stereocenters. The largest absolute Gasteiger partial charge is 0.465 e. The third-order valence-electron chi connectivity index (χ3n) is 5.13. The van der Waals surface area contributed by atoms with Crippen molar-refractivity contribution in [3.63, 3.8) is 0 Å². The molecule has 3 heterocycles. The number of hydrogen-bond acceptors (Lipinski definition) is 4. The fourth-order valence-electron chi connectivity index (χ4n) is 3.97. The van der Waals surface area contributed by atoms with Gasteiger partial charge < -0.3 is 13.8 Å². The minimum Gasteiger partial charge on any atom is -0.465 e. The van der Waals surface area contributed by atoms with E-state index in [1.807, 2.05) is 17.9 Å². The molecule has 0 radical (unpaired) electrons. The van der Waals surface area contributed by atoms with Gasteiger partial charge in [-0.1, -0.05) is 5.16 Å². The maximum atomic E-state index is 13.1. The highest BCUT2D eigenvalue weighted by Gasteiger charge is 2.32. The normalized spacial score (nSPS) is 21.3. The topological polar surface area (TPSA) is 59.5 Å². The molecule has 1 aliphatic heterocycles. The molecule has 0 spiro atoms. The van der Waals surface area contributed by atoms with Crippen molar-refractivity contribution >= 4 is 5.91 Å². The van der Waals surface area contributed by atoms with Crippen LogP contribution < -0.4 is 0 Å². The van der Waals surface area contributed by atoms with E-state index in [4.69, 9.17) is 8.94 Å². The van der Waals surface area contributed by atoms with E-state index in [2.05, 4.69) is 5.16 Å². The number of carbonyl (C=O) groups is 1. The zero-order chi connectivity index (χ0) is 15.8. The van der Waals surface area contributed by atoms with Crippen molar-refractivity contribution in [2.24, 2.45) is 0 Å². The van der Waals surface area contributed by atoms with Crippen LogP contribution in [0.2, 0.25) is 0 Å². The van der Waals surface area contributed by atoms with Crippen molar-refractivity contribution in [2.45, 2.75) is 51.4 Å². The standard InChI is InChI=1S/C18H22N2O3/c1-12-17(14-6-2-3-7-16(14)22-12)18(21)20-10-4-5-13(11-20)15-8-9-19-23-15/h8-9,13H,2-7,10-11H2,1H3. The molecule has 1 saturated heterocycles. The van der Waals surface area contributed by atoms with Gasteiger partial charge in [-0.3, -0.25) is 4.79 Å². The summed E-state index contributed by atoms with van der Waals surface area (Å²) in [5.74, 6) is 3.06. The molecule has 5 nitrogen and oxygen atoms in total. The van der Waals surface area contributed by atoms with Crippen LogP contribution in [0.25, 0.3) is 0 Å². The molecule has 2 aromatic rings. The number of likely N-dealkylation sites (tertiary alicyclic amines) is 1. The van der Waals surface area contributed by atoms with Gasteiger partial charge in [-0.05, 0) is 39.0 Å². The highest BCUT2D eigenvalue weighted by Crippen LogP contribution is 2.33. The Morgan fingerprint density at radius 1 is 1.30 bits per heavy atom. The molecule has 5 heteroatoms. The van der Waals surface area contributed by atoms with E-state index in [9.17, 15) is 4.79 Å². The minimum absolute atomic E-state index is 0.124. The molecule has 0 saturated carbocycles. The van der Waals surface area contributed by atoms with Crippen LogP contribution in [0.3, 0.4) is 0 Å². The van der Waals surface area contributed by atoms with Crippen LogP contribution in [0.4, 0.5) is 0 Å². The zero-order valence-electron chi connectivity index (χ0n) is 13.5. The van der Waals surface area contributed by atoms with Crippen LogP contribution >= 0.6 is 0 Å². The fraction of sp³-hybridized carbons (Fsp3) is 0.556. The lowest BCUT2D eigenvalue weighted by molar-refractivity contribution is 0.0695. The number of fused-ring (bicyclic) bond motifs is 1. The number of aryl methyl sites for hydroxylation is 2. The number of nitrogens with zero attached hydrogens (tertiary/aromatic N) is 2. The highest BCUT2D eigenvalue weighted by atomic mass is 16.5. The monoisotopic (exact) mass is 314 g/mol. The van der Waals surface area contributed by atoms with Gasteiger partial charge >= 0.3 is 0 Å². The third kappa shape index (κ3) is 2.58. The van der Waals surface area contributed by atoms with Crippen LogP contribution in [0.1, 0.15) is 64.8 Å². The zero-order valence-corrected chi connectivity index (χ0v) is 13.5. The van der Waals surface area contributed by atoms with Gasteiger partial charge in [-0.15, -0.1) is 0 Å². The van der Waals surface area contributed by atoms with Crippen molar-refractivity contribution in [1.29, 1.82) is 0 Å². The molecular formula is C18H22N2O3.